The fourth-order valence-corrected chi connectivity index (χ4v) is 4.37. The Morgan fingerprint density at radius 1 is 1.32 bits per heavy atom. The van der Waals surface area contributed by atoms with Gasteiger partial charge in [-0.15, -0.1) is 0 Å². The predicted octanol–water partition coefficient (Wildman–Crippen LogP) is 2.37. The summed E-state index contributed by atoms with van der Waals surface area (Å²) in [5.41, 5.74) is 1.80. The number of halogens is 1. The molecule has 1 aromatic carbocycles. The molecule has 7 heteroatoms. The summed E-state index contributed by atoms with van der Waals surface area (Å²) in [4.78, 5) is 29.2. The van der Waals surface area contributed by atoms with Gasteiger partial charge in [0.1, 0.15) is 12.4 Å². The van der Waals surface area contributed by atoms with Crippen LogP contribution in [-0.4, -0.2) is 50.5 Å². The summed E-state index contributed by atoms with van der Waals surface area (Å²) in [6.07, 6.45) is 5.87. The largest absolute Gasteiger partial charge is 0.339 e. The number of hydrogen-bond donors (Lipinski definition) is 0. The Morgan fingerprint density at radius 3 is 2.93 bits per heavy atom. The van der Waals surface area contributed by atoms with Gasteiger partial charge in [-0.2, -0.15) is 5.10 Å². The second-order valence-corrected chi connectivity index (χ2v) is 7.89. The summed E-state index contributed by atoms with van der Waals surface area (Å²) in [6, 6.07) is 6.38. The molecule has 0 bridgehead atoms. The van der Waals surface area contributed by atoms with Crippen LogP contribution in [0.15, 0.2) is 36.7 Å². The maximum atomic E-state index is 13.6. The molecule has 2 saturated heterocycles. The first-order chi connectivity index (χ1) is 13.5. The van der Waals surface area contributed by atoms with Crippen molar-refractivity contribution >= 4 is 11.8 Å². The van der Waals surface area contributed by atoms with E-state index in [2.05, 4.69) is 5.10 Å². The van der Waals surface area contributed by atoms with Crippen molar-refractivity contribution in [1.82, 2.24) is 19.6 Å². The van der Waals surface area contributed by atoms with E-state index in [0.717, 1.165) is 24.0 Å². The number of aryl methyl sites for hydroxylation is 1. The van der Waals surface area contributed by atoms with Crippen LogP contribution in [-0.2, 0) is 22.7 Å². The average Bonchev–Trinajstić information content (AvgIpc) is 3.23. The van der Waals surface area contributed by atoms with Crippen molar-refractivity contribution < 1.29 is 14.0 Å². The van der Waals surface area contributed by atoms with Gasteiger partial charge in [0.15, 0.2) is 0 Å². The van der Waals surface area contributed by atoms with Gasteiger partial charge in [-0.25, -0.2) is 4.39 Å². The third-order valence-corrected chi connectivity index (χ3v) is 5.75. The van der Waals surface area contributed by atoms with Crippen molar-refractivity contribution in [2.75, 3.05) is 13.1 Å². The molecule has 0 unspecified atom stereocenters. The summed E-state index contributed by atoms with van der Waals surface area (Å²) in [5.74, 6) is 0.0838. The molecule has 28 heavy (non-hydrogen) atoms. The first-order valence-electron chi connectivity index (χ1n) is 9.80. The molecule has 0 spiro atoms. The number of hydrogen-bond acceptors (Lipinski definition) is 3. The van der Waals surface area contributed by atoms with Crippen molar-refractivity contribution in [2.45, 2.75) is 45.3 Å². The third kappa shape index (κ3) is 3.93. The average molecular weight is 384 g/mol. The molecule has 0 saturated carbocycles. The summed E-state index contributed by atoms with van der Waals surface area (Å²) in [7, 11) is 0. The zero-order valence-electron chi connectivity index (χ0n) is 16.1. The summed E-state index contributed by atoms with van der Waals surface area (Å²) in [5, 5.41) is 4.19. The van der Waals surface area contributed by atoms with Crippen LogP contribution < -0.4 is 0 Å². The molecule has 148 valence electrons. The molecule has 2 amide bonds. The van der Waals surface area contributed by atoms with E-state index in [9.17, 15) is 14.0 Å². The minimum atomic E-state index is -0.297. The Labute approximate surface area is 163 Å². The minimum absolute atomic E-state index is 0.0124. The normalized spacial score (nSPS) is 22.3. The summed E-state index contributed by atoms with van der Waals surface area (Å²) >= 11 is 0. The topological polar surface area (TPSA) is 58.4 Å². The van der Waals surface area contributed by atoms with Gasteiger partial charge in [0, 0.05) is 32.3 Å². The molecule has 1 aromatic heterocycles. The number of rotatable bonds is 4. The van der Waals surface area contributed by atoms with Crippen LogP contribution in [0, 0.1) is 18.7 Å². The molecule has 2 aromatic rings. The lowest BCUT2D eigenvalue weighted by atomic mass is 9.98. The molecule has 6 nitrogen and oxygen atoms in total. The standard InChI is InChI=1S/C21H25FN4O2/c1-15-9-23-25(10-15)14-21(28)24-12-17-5-3-7-20(27)26(19(17)13-24)11-16-4-2-6-18(22)8-16/h2,4,6,8-10,17,19H,3,5,7,11-14H2,1H3/t17-,19+/m1/s1. The van der Waals surface area contributed by atoms with E-state index in [4.69, 9.17) is 0 Å². The molecule has 2 aliphatic rings. The van der Waals surface area contributed by atoms with E-state index in [0.29, 0.717) is 26.1 Å². The van der Waals surface area contributed by atoms with Crippen molar-refractivity contribution in [1.29, 1.82) is 0 Å². The Morgan fingerprint density at radius 2 is 2.18 bits per heavy atom. The quantitative estimate of drug-likeness (QED) is 0.813. The fraction of sp³-hybridized carbons (Fsp3) is 0.476. The SMILES string of the molecule is Cc1cnn(CC(=O)N2C[C@H]3CCCC(=O)N(Cc4cccc(F)c4)[C@H]3C2)c1. The second-order valence-electron chi connectivity index (χ2n) is 7.89. The number of likely N-dealkylation sites (tertiary alicyclic amines) is 2. The zero-order chi connectivity index (χ0) is 19.7. The molecule has 3 heterocycles. The molecule has 0 N–H and O–H groups in total. The van der Waals surface area contributed by atoms with Crippen molar-refractivity contribution in [3.8, 4) is 0 Å². The molecule has 2 atom stereocenters. The highest BCUT2D eigenvalue weighted by atomic mass is 19.1. The lowest BCUT2D eigenvalue weighted by Gasteiger charge is -2.30. The highest BCUT2D eigenvalue weighted by Crippen LogP contribution is 2.31. The van der Waals surface area contributed by atoms with Gasteiger partial charge in [-0.3, -0.25) is 14.3 Å². The second kappa shape index (κ2) is 7.73. The molecule has 0 aliphatic carbocycles. The van der Waals surface area contributed by atoms with Gasteiger partial charge in [0.2, 0.25) is 11.8 Å². The highest BCUT2D eigenvalue weighted by Gasteiger charge is 2.41. The number of amides is 2. The maximum Gasteiger partial charge on any atom is 0.244 e. The minimum Gasteiger partial charge on any atom is -0.339 e. The number of aromatic nitrogens is 2. The molecule has 2 aliphatic heterocycles. The van der Waals surface area contributed by atoms with Gasteiger partial charge in [0.05, 0.1) is 12.2 Å². The monoisotopic (exact) mass is 384 g/mol. The number of carbonyl (C=O) groups is 2. The van der Waals surface area contributed by atoms with Gasteiger partial charge in [-0.05, 0) is 48.9 Å². The van der Waals surface area contributed by atoms with Gasteiger partial charge < -0.3 is 9.80 Å². The van der Waals surface area contributed by atoms with Gasteiger partial charge >= 0.3 is 0 Å². The summed E-state index contributed by atoms with van der Waals surface area (Å²) < 4.78 is 15.2. The lowest BCUT2D eigenvalue weighted by Crippen LogP contribution is -2.43. The fourth-order valence-electron chi connectivity index (χ4n) is 4.37. The molecule has 2 fully saturated rings. The van der Waals surface area contributed by atoms with Crippen LogP contribution in [0.1, 0.15) is 30.4 Å². The van der Waals surface area contributed by atoms with Crippen molar-refractivity contribution in [2.24, 2.45) is 5.92 Å². The van der Waals surface area contributed by atoms with Crippen LogP contribution in [0.2, 0.25) is 0 Å². The Hall–Kier alpha value is -2.70. The predicted molar refractivity (Wildman–Crippen MR) is 102 cm³/mol. The molecule has 0 radical (unpaired) electrons. The van der Waals surface area contributed by atoms with E-state index < -0.39 is 0 Å². The van der Waals surface area contributed by atoms with Crippen LogP contribution >= 0.6 is 0 Å². The first kappa shape index (κ1) is 18.7. The van der Waals surface area contributed by atoms with E-state index >= 15 is 0 Å². The van der Waals surface area contributed by atoms with E-state index in [1.54, 1.807) is 16.9 Å². The molecule has 4 rings (SSSR count). The first-order valence-corrected chi connectivity index (χ1v) is 9.80. The van der Waals surface area contributed by atoms with Crippen molar-refractivity contribution in [3.05, 3.63) is 53.6 Å². The Bertz CT molecular complexity index is 881. The smallest absolute Gasteiger partial charge is 0.244 e. The maximum absolute atomic E-state index is 13.6. The zero-order valence-corrected chi connectivity index (χ0v) is 16.1. The Balaban J connectivity index is 1.49. The van der Waals surface area contributed by atoms with Gasteiger partial charge in [0.25, 0.3) is 0 Å². The van der Waals surface area contributed by atoms with Crippen LogP contribution in [0.3, 0.4) is 0 Å². The molecular weight excluding hydrogens is 359 g/mol. The summed E-state index contributed by atoms with van der Waals surface area (Å²) in [6.45, 7) is 3.74. The Kier molecular flexibility index (Phi) is 5.15. The highest BCUT2D eigenvalue weighted by molar-refractivity contribution is 5.78. The van der Waals surface area contributed by atoms with Crippen LogP contribution in [0.25, 0.3) is 0 Å². The van der Waals surface area contributed by atoms with Crippen molar-refractivity contribution in [3.63, 3.8) is 0 Å². The molecular formula is C21H25FN4O2. The third-order valence-electron chi connectivity index (χ3n) is 5.75. The number of fused-ring (bicyclic) bond motifs is 1. The number of carbonyl (C=O) groups excluding carboxylic acids is 2. The lowest BCUT2D eigenvalue weighted by molar-refractivity contribution is -0.135. The van der Waals surface area contributed by atoms with E-state index in [1.807, 2.05) is 29.0 Å². The van der Waals surface area contributed by atoms with E-state index in [1.165, 1.54) is 12.1 Å². The van der Waals surface area contributed by atoms with Gasteiger partial charge in [-0.1, -0.05) is 12.1 Å². The number of nitrogens with zero attached hydrogens (tertiary/aromatic N) is 4. The van der Waals surface area contributed by atoms with E-state index in [-0.39, 0.29) is 36.1 Å². The number of benzene rings is 1. The van der Waals surface area contributed by atoms with Crippen LogP contribution in [0.5, 0.6) is 0 Å². The van der Waals surface area contributed by atoms with Crippen LogP contribution in [0.4, 0.5) is 4.39 Å².